The van der Waals surface area contributed by atoms with Crippen LogP contribution in [-0.4, -0.2) is 16.2 Å². The molecule has 1 aliphatic heterocycles. The number of ether oxygens (including phenoxy) is 1. The molecule has 0 atom stereocenters. The Hall–Kier alpha value is -8.03. The van der Waals surface area contributed by atoms with Crippen LogP contribution < -0.4 is 14.5 Å². The summed E-state index contributed by atoms with van der Waals surface area (Å²) in [5.74, 6) is 2.54. The second-order valence-electron chi connectivity index (χ2n) is 21.7. The molecule has 0 bridgehead atoms. The Balaban J connectivity index is 1.11. The van der Waals surface area contributed by atoms with Gasteiger partial charge in [-0.1, -0.05) is 147 Å². The molecule has 1 aliphatic rings. The van der Waals surface area contributed by atoms with E-state index in [1.54, 1.807) is 0 Å². The molecule has 0 N–H and O–H groups in total. The maximum Gasteiger partial charge on any atom is 0.137 e. The van der Waals surface area contributed by atoms with Crippen LogP contribution in [0.5, 0.6) is 11.5 Å². The molecule has 5 nitrogen and oxygen atoms in total. The molecule has 0 radical (unpaired) electrons. The summed E-state index contributed by atoms with van der Waals surface area (Å²) in [6, 6.07) is 58.8. The Morgan fingerprint density at radius 1 is 0.514 bits per heavy atom. The Labute approximate surface area is 434 Å². The zero-order valence-electron chi connectivity index (χ0n) is 43.7. The third-order valence-corrected chi connectivity index (χ3v) is 14.7. The average Bonchev–Trinajstić information content (AvgIpc) is 3.94. The summed E-state index contributed by atoms with van der Waals surface area (Å²) in [6.07, 6.45) is 1.91. The molecule has 0 spiro atoms. The van der Waals surface area contributed by atoms with Crippen LogP contribution in [0.15, 0.2) is 182 Å². The minimum Gasteiger partial charge on any atom is -0.457 e. The van der Waals surface area contributed by atoms with Crippen molar-refractivity contribution in [2.24, 2.45) is 0 Å². The first-order valence-electron chi connectivity index (χ1n) is 25.9. The third kappa shape index (κ3) is 8.88. The van der Waals surface area contributed by atoms with Gasteiger partial charge in [-0.15, -0.1) is 0 Å². The largest absolute Gasteiger partial charge is 0.457 e. The van der Waals surface area contributed by atoms with Crippen molar-refractivity contribution in [3.05, 3.63) is 216 Å². The molecule has 2 aromatic heterocycles. The number of fused-ring (bicyclic) bond motifs is 4. The van der Waals surface area contributed by atoms with E-state index in [-0.39, 0.29) is 28.9 Å². The molecule has 74 heavy (non-hydrogen) atoms. The lowest BCUT2D eigenvalue weighted by molar-refractivity contribution is 0.483. The van der Waals surface area contributed by atoms with Gasteiger partial charge < -0.3 is 14.5 Å². The number of para-hydroxylation sites is 4. The van der Waals surface area contributed by atoms with Gasteiger partial charge in [0.1, 0.15) is 35.6 Å². The van der Waals surface area contributed by atoms with Crippen molar-refractivity contribution in [3.8, 4) is 50.7 Å². The van der Waals surface area contributed by atoms with Crippen molar-refractivity contribution in [1.82, 2.24) is 9.55 Å². The van der Waals surface area contributed by atoms with E-state index in [4.69, 9.17) is 9.72 Å². The number of rotatable bonds is 11. The number of halogens is 2. The van der Waals surface area contributed by atoms with Gasteiger partial charge in [-0.25, -0.2) is 13.8 Å². The van der Waals surface area contributed by atoms with Gasteiger partial charge in [0.05, 0.1) is 28.1 Å². The Kier molecular flexibility index (Phi) is 12.5. The molecule has 10 aromatic rings. The molecule has 8 aromatic carbocycles. The number of benzene rings is 8. The average molecular weight is 977 g/mol. The lowest BCUT2D eigenvalue weighted by Gasteiger charge is -2.28. The van der Waals surface area contributed by atoms with Crippen LogP contribution in [0.25, 0.3) is 61.0 Å². The second-order valence-corrected chi connectivity index (χ2v) is 21.7. The highest BCUT2D eigenvalue weighted by molar-refractivity contribution is 6.09. The van der Waals surface area contributed by atoms with E-state index in [0.29, 0.717) is 24.1 Å². The zero-order valence-corrected chi connectivity index (χ0v) is 43.7. The molecule has 0 fully saturated rings. The quantitative estimate of drug-likeness (QED) is 0.129. The SMILES string of the molecule is CC(C)c1cc(C(C)C)c(-c2cc(Oc3ccc4c5ccccc5n(-c5cc(C(C)(C)C)ccn5)c4c3)cc(N3CN(c4c(-c5ccc(F)cc5)cccc4-c4ccc(F)cc4)c4ccccc43)c2)c(C(C)C)c1. The van der Waals surface area contributed by atoms with Gasteiger partial charge in [0.2, 0.25) is 0 Å². The van der Waals surface area contributed by atoms with E-state index >= 15 is 0 Å². The highest BCUT2D eigenvalue weighted by Gasteiger charge is 2.32. The van der Waals surface area contributed by atoms with E-state index < -0.39 is 0 Å². The topological polar surface area (TPSA) is 33.5 Å². The van der Waals surface area contributed by atoms with Gasteiger partial charge >= 0.3 is 0 Å². The van der Waals surface area contributed by atoms with E-state index in [1.165, 1.54) is 52.1 Å². The van der Waals surface area contributed by atoms with Crippen LogP contribution in [0.2, 0.25) is 0 Å². The van der Waals surface area contributed by atoms with Crippen molar-refractivity contribution < 1.29 is 13.5 Å². The molecule has 0 aliphatic carbocycles. The smallest absolute Gasteiger partial charge is 0.137 e. The summed E-state index contributed by atoms with van der Waals surface area (Å²) in [6.45, 7) is 20.9. The Morgan fingerprint density at radius 2 is 1.11 bits per heavy atom. The summed E-state index contributed by atoms with van der Waals surface area (Å²) in [5, 5.41) is 2.27. The number of pyridine rings is 1. The summed E-state index contributed by atoms with van der Waals surface area (Å²) in [7, 11) is 0. The van der Waals surface area contributed by atoms with Crippen molar-refractivity contribution in [1.29, 1.82) is 0 Å². The monoisotopic (exact) mass is 976 g/mol. The molecule has 7 heteroatoms. The minimum absolute atomic E-state index is 0.0584. The molecule has 0 saturated carbocycles. The fourth-order valence-corrected chi connectivity index (χ4v) is 10.8. The normalized spacial score (nSPS) is 12.8. The molecule has 11 rings (SSSR count). The predicted molar refractivity (Wildman–Crippen MR) is 304 cm³/mol. The lowest BCUT2D eigenvalue weighted by Crippen LogP contribution is -2.25. The first-order chi connectivity index (χ1) is 35.6. The van der Waals surface area contributed by atoms with Crippen molar-refractivity contribution in [3.63, 3.8) is 0 Å². The summed E-state index contributed by atoms with van der Waals surface area (Å²) in [4.78, 5) is 9.66. The van der Waals surface area contributed by atoms with E-state index in [1.807, 2.05) is 36.5 Å². The van der Waals surface area contributed by atoms with E-state index in [2.05, 4.69) is 198 Å². The van der Waals surface area contributed by atoms with Gasteiger partial charge in [0.25, 0.3) is 0 Å². The minimum atomic E-state index is -0.300. The predicted octanol–water partition coefficient (Wildman–Crippen LogP) is 19.2. The molecule has 3 heterocycles. The van der Waals surface area contributed by atoms with E-state index in [9.17, 15) is 8.78 Å². The molecule has 0 saturated heterocycles. The third-order valence-electron chi connectivity index (χ3n) is 14.7. The molecular weight excluding hydrogens is 915 g/mol. The Morgan fingerprint density at radius 3 is 1.72 bits per heavy atom. The van der Waals surface area contributed by atoms with Gasteiger partial charge in [0, 0.05) is 45.9 Å². The molecular formula is C67H62F2N4O. The lowest BCUT2D eigenvalue weighted by atomic mass is 9.81. The molecule has 0 unspecified atom stereocenters. The number of nitrogens with zero attached hydrogens (tertiary/aromatic N) is 4. The van der Waals surface area contributed by atoms with Crippen molar-refractivity contribution >= 4 is 44.6 Å². The highest BCUT2D eigenvalue weighted by Crippen LogP contribution is 2.52. The summed E-state index contributed by atoms with van der Waals surface area (Å²) >= 11 is 0. The maximum atomic E-state index is 14.5. The number of hydrogen-bond donors (Lipinski definition) is 0. The summed E-state index contributed by atoms with van der Waals surface area (Å²) < 4.78 is 38.5. The van der Waals surface area contributed by atoms with Crippen molar-refractivity contribution in [2.75, 3.05) is 16.5 Å². The van der Waals surface area contributed by atoms with E-state index in [0.717, 1.165) is 78.2 Å². The standard InChI is InChI=1S/C67H62F2N4O/c1-41(2)46-35-58(42(3)4)65(59(36-46)43(5)6)47-33-51(38-53(34-47)74-52-29-30-57-56-15-10-11-18-60(56)73(63(57)39-52)64-37-48(31-32-70-64)67(7,8)9)71-40-72(62-20-13-12-19-61(62)71)66-54(44-21-25-49(68)26-22-44)16-14-17-55(66)45-23-27-50(69)28-24-45/h10-39,41-43H,40H2,1-9H3. The number of hydrogen-bond acceptors (Lipinski definition) is 4. The fraction of sp³-hybridized carbons (Fsp3) is 0.209. The summed E-state index contributed by atoms with van der Waals surface area (Å²) in [5.41, 5.74) is 17.0. The van der Waals surface area contributed by atoms with Crippen molar-refractivity contribution in [2.45, 2.75) is 85.5 Å². The Bertz CT molecular complexity index is 3640. The van der Waals surface area contributed by atoms with Gasteiger partial charge in [-0.3, -0.25) is 4.57 Å². The van der Waals surface area contributed by atoms with Crippen LogP contribution >= 0.6 is 0 Å². The van der Waals surface area contributed by atoms with Crippen LogP contribution in [-0.2, 0) is 5.41 Å². The number of anilines is 4. The van der Waals surface area contributed by atoms with Gasteiger partial charge in [0.15, 0.2) is 0 Å². The van der Waals surface area contributed by atoms with Crippen LogP contribution in [0, 0.1) is 11.6 Å². The van der Waals surface area contributed by atoms with Crippen LogP contribution in [0.3, 0.4) is 0 Å². The first kappa shape index (κ1) is 48.2. The number of aromatic nitrogens is 2. The van der Waals surface area contributed by atoms with Crippen LogP contribution in [0.1, 0.15) is 102 Å². The van der Waals surface area contributed by atoms with Crippen LogP contribution in [0.4, 0.5) is 31.5 Å². The maximum absolute atomic E-state index is 14.5. The first-order valence-corrected chi connectivity index (χ1v) is 25.9. The molecule has 370 valence electrons. The zero-order chi connectivity index (χ0) is 51.6. The fourth-order valence-electron chi connectivity index (χ4n) is 10.8. The molecule has 0 amide bonds. The van der Waals surface area contributed by atoms with Gasteiger partial charge in [-0.2, -0.15) is 0 Å². The highest BCUT2D eigenvalue weighted by atomic mass is 19.1. The second kappa shape index (κ2) is 19.1. The van der Waals surface area contributed by atoms with Gasteiger partial charge in [-0.05, 0) is 147 Å².